The Morgan fingerprint density at radius 3 is 2.54 bits per heavy atom. The van der Waals surface area contributed by atoms with Gasteiger partial charge in [-0.2, -0.15) is 11.3 Å². The Hall–Kier alpha value is -2.70. The van der Waals surface area contributed by atoms with Crippen LogP contribution in [0.4, 0.5) is 11.4 Å². The lowest BCUT2D eigenvalue weighted by atomic mass is 10.1. The first kappa shape index (κ1) is 18.7. The quantitative estimate of drug-likeness (QED) is 0.381. The molecule has 0 unspecified atom stereocenters. The maximum absolute atomic E-state index is 12.4. The zero-order chi connectivity index (χ0) is 19.7. The molecule has 0 bridgehead atoms. The van der Waals surface area contributed by atoms with E-state index in [1.807, 2.05) is 39.0 Å². The van der Waals surface area contributed by atoms with Crippen LogP contribution in [-0.2, 0) is 4.74 Å². The van der Waals surface area contributed by atoms with E-state index >= 15 is 0 Å². The summed E-state index contributed by atoms with van der Waals surface area (Å²) in [6.45, 7) is 5.60. The van der Waals surface area contributed by atoms with Gasteiger partial charge in [-0.1, -0.05) is 12.1 Å². The second-order valence-corrected chi connectivity index (χ2v) is 9.29. The van der Waals surface area contributed by atoms with E-state index in [1.54, 1.807) is 23.7 Å². The van der Waals surface area contributed by atoms with E-state index < -0.39 is 5.60 Å². The highest BCUT2D eigenvalue weighted by Crippen LogP contribution is 2.33. The van der Waals surface area contributed by atoms with Gasteiger partial charge in [-0.3, -0.25) is 4.98 Å². The lowest BCUT2D eigenvalue weighted by Gasteiger charge is -2.18. The number of pyridine rings is 1. The number of esters is 1. The number of hydrogen-bond donors (Lipinski definition) is 1. The van der Waals surface area contributed by atoms with Gasteiger partial charge in [0.25, 0.3) is 0 Å². The molecule has 0 atom stereocenters. The van der Waals surface area contributed by atoms with Gasteiger partial charge in [0.15, 0.2) is 0 Å². The molecule has 1 N–H and O–H groups in total. The molecule has 0 fully saturated rings. The highest BCUT2D eigenvalue weighted by molar-refractivity contribution is 7.20. The second-order valence-electron chi connectivity index (χ2n) is 7.43. The molecule has 28 heavy (non-hydrogen) atoms. The molecule has 0 saturated heterocycles. The summed E-state index contributed by atoms with van der Waals surface area (Å²) in [4.78, 5) is 17.3. The number of anilines is 2. The van der Waals surface area contributed by atoms with Gasteiger partial charge in [-0.15, -0.1) is 11.3 Å². The predicted octanol–water partition coefficient (Wildman–Crippen LogP) is 6.72. The third kappa shape index (κ3) is 4.08. The van der Waals surface area contributed by atoms with Crippen LogP contribution in [0.5, 0.6) is 0 Å². The zero-order valence-corrected chi connectivity index (χ0v) is 17.5. The van der Waals surface area contributed by atoms with Crippen LogP contribution in [0.1, 0.15) is 30.4 Å². The van der Waals surface area contributed by atoms with Crippen LogP contribution in [-0.4, -0.2) is 16.6 Å². The Bertz CT molecular complexity index is 1110. The minimum absolute atomic E-state index is 0.306. The molecule has 0 amide bonds. The van der Waals surface area contributed by atoms with Gasteiger partial charge in [-0.05, 0) is 66.9 Å². The number of rotatable bonds is 4. The summed E-state index contributed by atoms with van der Waals surface area (Å²) in [6.07, 6.45) is 3.55. The van der Waals surface area contributed by atoms with Crippen molar-refractivity contribution in [1.29, 1.82) is 0 Å². The lowest BCUT2D eigenvalue weighted by molar-refractivity contribution is 0.00753. The van der Waals surface area contributed by atoms with Gasteiger partial charge in [-0.25, -0.2) is 4.79 Å². The SMILES string of the molecule is CC(C)(C)OC(=O)c1cc2c(Nc3ccc(-c4ccsc4)cc3)cncc2s1. The van der Waals surface area contributed by atoms with Crippen LogP contribution in [0.3, 0.4) is 0 Å². The first-order valence-electron chi connectivity index (χ1n) is 8.90. The van der Waals surface area contributed by atoms with E-state index in [0.29, 0.717) is 4.88 Å². The third-order valence-corrected chi connectivity index (χ3v) is 5.80. The van der Waals surface area contributed by atoms with Crippen molar-refractivity contribution in [1.82, 2.24) is 4.98 Å². The van der Waals surface area contributed by atoms with Gasteiger partial charge in [0, 0.05) is 17.3 Å². The van der Waals surface area contributed by atoms with Crippen molar-refractivity contribution in [3.8, 4) is 11.1 Å². The third-order valence-electron chi connectivity index (χ3n) is 4.06. The predicted molar refractivity (Wildman–Crippen MR) is 118 cm³/mol. The van der Waals surface area contributed by atoms with Crippen LogP contribution in [0.25, 0.3) is 21.2 Å². The molecular formula is C22H20N2O2S2. The van der Waals surface area contributed by atoms with Crippen molar-refractivity contribution >= 4 is 50.1 Å². The van der Waals surface area contributed by atoms with Crippen molar-refractivity contribution < 1.29 is 9.53 Å². The number of carbonyl (C=O) groups excluding carboxylic acids is 1. The summed E-state index contributed by atoms with van der Waals surface area (Å²) >= 11 is 3.09. The molecule has 0 aliphatic rings. The standard InChI is InChI=1S/C22H20N2O2S2/c1-22(2,3)26-21(25)19-10-17-18(11-23-12-20(17)28-19)24-16-6-4-14(5-7-16)15-8-9-27-13-15/h4-13,24H,1-3H3. The van der Waals surface area contributed by atoms with E-state index in [9.17, 15) is 4.79 Å². The zero-order valence-electron chi connectivity index (χ0n) is 15.9. The molecular weight excluding hydrogens is 388 g/mol. The Labute approximate surface area is 171 Å². The summed E-state index contributed by atoms with van der Waals surface area (Å²) in [5.74, 6) is -0.306. The summed E-state index contributed by atoms with van der Waals surface area (Å²) in [5, 5.41) is 8.59. The largest absolute Gasteiger partial charge is 0.456 e. The van der Waals surface area contributed by atoms with Crippen molar-refractivity contribution in [2.75, 3.05) is 5.32 Å². The minimum Gasteiger partial charge on any atom is -0.456 e. The monoisotopic (exact) mass is 408 g/mol. The summed E-state index contributed by atoms with van der Waals surface area (Å²) < 4.78 is 6.44. The van der Waals surface area contributed by atoms with Crippen LogP contribution in [0, 0.1) is 0 Å². The highest BCUT2D eigenvalue weighted by atomic mass is 32.1. The van der Waals surface area contributed by atoms with Crippen LogP contribution < -0.4 is 5.32 Å². The first-order valence-corrected chi connectivity index (χ1v) is 10.7. The molecule has 4 rings (SSSR count). The molecule has 0 aliphatic carbocycles. The topological polar surface area (TPSA) is 51.2 Å². The van der Waals surface area contributed by atoms with E-state index in [0.717, 1.165) is 21.5 Å². The molecule has 0 aliphatic heterocycles. The lowest BCUT2D eigenvalue weighted by Crippen LogP contribution is -2.23. The van der Waals surface area contributed by atoms with E-state index in [4.69, 9.17) is 4.74 Å². The molecule has 142 valence electrons. The fourth-order valence-electron chi connectivity index (χ4n) is 2.82. The molecule has 1 aromatic carbocycles. The van der Waals surface area contributed by atoms with Gasteiger partial charge in [0.2, 0.25) is 0 Å². The van der Waals surface area contributed by atoms with Gasteiger partial charge >= 0.3 is 5.97 Å². The van der Waals surface area contributed by atoms with Crippen molar-refractivity contribution in [3.05, 3.63) is 64.4 Å². The minimum atomic E-state index is -0.517. The fraction of sp³-hybridized carbons (Fsp3) is 0.182. The number of hydrogen-bond acceptors (Lipinski definition) is 6. The molecule has 3 heterocycles. The van der Waals surface area contributed by atoms with E-state index in [-0.39, 0.29) is 5.97 Å². The highest BCUT2D eigenvalue weighted by Gasteiger charge is 2.20. The molecule has 6 heteroatoms. The number of nitrogens with zero attached hydrogens (tertiary/aromatic N) is 1. The van der Waals surface area contributed by atoms with E-state index in [1.165, 1.54) is 22.5 Å². The van der Waals surface area contributed by atoms with Crippen molar-refractivity contribution in [3.63, 3.8) is 0 Å². The number of carbonyl (C=O) groups is 1. The Balaban J connectivity index is 1.59. The van der Waals surface area contributed by atoms with E-state index in [2.05, 4.69) is 39.3 Å². The normalized spacial score (nSPS) is 11.5. The van der Waals surface area contributed by atoms with Gasteiger partial charge in [0.1, 0.15) is 10.5 Å². The molecule has 0 radical (unpaired) electrons. The summed E-state index contributed by atoms with van der Waals surface area (Å²) in [7, 11) is 0. The summed E-state index contributed by atoms with van der Waals surface area (Å²) in [5.41, 5.74) is 3.73. The van der Waals surface area contributed by atoms with Crippen molar-refractivity contribution in [2.45, 2.75) is 26.4 Å². The van der Waals surface area contributed by atoms with Crippen LogP contribution in [0.2, 0.25) is 0 Å². The van der Waals surface area contributed by atoms with Gasteiger partial charge < -0.3 is 10.1 Å². The summed E-state index contributed by atoms with van der Waals surface area (Å²) in [6, 6.07) is 12.3. The maximum atomic E-state index is 12.4. The van der Waals surface area contributed by atoms with Crippen LogP contribution >= 0.6 is 22.7 Å². The molecule has 4 nitrogen and oxygen atoms in total. The number of ether oxygens (including phenoxy) is 1. The fourth-order valence-corrected chi connectivity index (χ4v) is 4.42. The van der Waals surface area contributed by atoms with Crippen LogP contribution in [0.15, 0.2) is 59.6 Å². The number of benzene rings is 1. The average Bonchev–Trinajstić information content (AvgIpc) is 3.31. The van der Waals surface area contributed by atoms with Crippen molar-refractivity contribution in [2.24, 2.45) is 0 Å². The number of nitrogens with one attached hydrogen (secondary N) is 1. The number of thiophene rings is 2. The second kappa shape index (κ2) is 7.37. The smallest absolute Gasteiger partial charge is 0.348 e. The molecule has 0 spiro atoms. The Morgan fingerprint density at radius 1 is 1.07 bits per heavy atom. The number of fused-ring (bicyclic) bond motifs is 1. The van der Waals surface area contributed by atoms with Gasteiger partial charge in [0.05, 0.1) is 16.6 Å². The first-order chi connectivity index (χ1) is 13.4. The Kier molecular flexibility index (Phi) is 4.91. The molecule has 3 aromatic heterocycles. The average molecular weight is 409 g/mol. The molecule has 4 aromatic rings. The number of aromatic nitrogens is 1. The Morgan fingerprint density at radius 2 is 1.86 bits per heavy atom. The maximum Gasteiger partial charge on any atom is 0.348 e. The molecule has 0 saturated carbocycles.